The summed E-state index contributed by atoms with van der Waals surface area (Å²) < 4.78 is 4.93. The zero-order valence-electron chi connectivity index (χ0n) is 13.3. The van der Waals surface area contributed by atoms with Crippen LogP contribution in [-0.4, -0.2) is 18.5 Å². The van der Waals surface area contributed by atoms with Crippen LogP contribution in [0.15, 0.2) is 77.0 Å². The molecule has 2 aromatic carbocycles. The van der Waals surface area contributed by atoms with E-state index in [1.807, 2.05) is 67.6 Å². The lowest BCUT2D eigenvalue weighted by molar-refractivity contribution is -0.144. The molecule has 4 nitrogen and oxygen atoms in total. The molecule has 24 heavy (non-hydrogen) atoms. The number of thioether (sulfide) groups is 1. The minimum Gasteiger partial charge on any atom is -0.452 e. The number of amides is 1. The molecule has 5 heteroatoms. The van der Waals surface area contributed by atoms with Crippen LogP contribution in [-0.2, 0) is 14.3 Å². The zero-order valence-corrected chi connectivity index (χ0v) is 14.2. The van der Waals surface area contributed by atoms with Gasteiger partial charge < -0.3 is 10.1 Å². The second-order valence-corrected chi connectivity index (χ2v) is 6.02. The van der Waals surface area contributed by atoms with E-state index in [1.165, 1.54) is 17.8 Å². The van der Waals surface area contributed by atoms with E-state index in [4.69, 9.17) is 4.74 Å². The monoisotopic (exact) mass is 341 g/mol. The van der Waals surface area contributed by atoms with Gasteiger partial charge in [-0.2, -0.15) is 0 Å². The standard InChI is InChI=1S/C19H19NO3S/c1-15(16-8-4-2-5-9-16)20-18(21)14-23-19(22)12-13-24-17-10-6-3-7-11-17/h2-13,15H,14H2,1H3,(H,20,21)/b13-12+/t15-/m0/s1. The molecular weight excluding hydrogens is 322 g/mol. The molecule has 1 N–H and O–H groups in total. The molecule has 0 spiro atoms. The number of hydrogen-bond acceptors (Lipinski definition) is 4. The van der Waals surface area contributed by atoms with Crippen molar-refractivity contribution >= 4 is 23.6 Å². The highest BCUT2D eigenvalue weighted by Crippen LogP contribution is 2.17. The Labute approximate surface area is 145 Å². The van der Waals surface area contributed by atoms with Gasteiger partial charge >= 0.3 is 5.97 Å². The summed E-state index contributed by atoms with van der Waals surface area (Å²) in [5.74, 6) is -0.871. The van der Waals surface area contributed by atoms with Gasteiger partial charge in [-0.3, -0.25) is 4.79 Å². The van der Waals surface area contributed by atoms with Crippen molar-refractivity contribution < 1.29 is 14.3 Å². The number of carbonyl (C=O) groups is 2. The third-order valence-corrected chi connectivity index (χ3v) is 3.99. The molecule has 1 amide bonds. The van der Waals surface area contributed by atoms with E-state index in [-0.39, 0.29) is 18.6 Å². The van der Waals surface area contributed by atoms with Gasteiger partial charge in [-0.1, -0.05) is 60.3 Å². The van der Waals surface area contributed by atoms with Crippen molar-refractivity contribution in [2.45, 2.75) is 17.9 Å². The van der Waals surface area contributed by atoms with Crippen molar-refractivity contribution in [3.8, 4) is 0 Å². The fourth-order valence-electron chi connectivity index (χ4n) is 1.96. The Bertz CT molecular complexity index is 686. The maximum absolute atomic E-state index is 11.8. The third-order valence-electron chi connectivity index (χ3n) is 3.17. The van der Waals surface area contributed by atoms with Crippen LogP contribution in [0.5, 0.6) is 0 Å². The summed E-state index contributed by atoms with van der Waals surface area (Å²) >= 11 is 1.41. The third kappa shape index (κ3) is 6.30. The number of ether oxygens (including phenoxy) is 1. The molecule has 0 unspecified atom stereocenters. The van der Waals surface area contributed by atoms with Crippen molar-refractivity contribution in [3.05, 3.63) is 77.7 Å². The Balaban J connectivity index is 1.70. The first-order chi connectivity index (χ1) is 11.6. The quantitative estimate of drug-likeness (QED) is 0.474. The summed E-state index contributed by atoms with van der Waals surface area (Å²) in [5.41, 5.74) is 0.997. The fourth-order valence-corrected chi connectivity index (χ4v) is 2.61. The van der Waals surface area contributed by atoms with E-state index >= 15 is 0 Å². The molecule has 0 aliphatic carbocycles. The van der Waals surface area contributed by atoms with Gasteiger partial charge in [0.1, 0.15) is 0 Å². The number of carbonyl (C=O) groups excluding carboxylic acids is 2. The first-order valence-electron chi connectivity index (χ1n) is 7.54. The van der Waals surface area contributed by atoms with E-state index in [2.05, 4.69) is 5.32 Å². The Hall–Kier alpha value is -2.53. The van der Waals surface area contributed by atoms with Gasteiger partial charge in [0, 0.05) is 11.0 Å². The van der Waals surface area contributed by atoms with Crippen molar-refractivity contribution in [2.24, 2.45) is 0 Å². The summed E-state index contributed by atoms with van der Waals surface area (Å²) in [6.07, 6.45) is 1.31. The summed E-state index contributed by atoms with van der Waals surface area (Å²) in [6, 6.07) is 19.1. The highest BCUT2D eigenvalue weighted by molar-refractivity contribution is 8.02. The molecule has 1 atom stereocenters. The molecule has 0 aromatic heterocycles. The smallest absolute Gasteiger partial charge is 0.331 e. The lowest BCUT2D eigenvalue weighted by Crippen LogP contribution is -2.30. The van der Waals surface area contributed by atoms with Gasteiger partial charge in [-0.05, 0) is 30.0 Å². The normalized spacial score (nSPS) is 11.9. The van der Waals surface area contributed by atoms with E-state index in [9.17, 15) is 9.59 Å². The predicted molar refractivity (Wildman–Crippen MR) is 95.4 cm³/mol. The molecule has 124 valence electrons. The predicted octanol–water partition coefficient (Wildman–Crippen LogP) is 3.71. The molecule has 2 aromatic rings. The van der Waals surface area contributed by atoms with Crippen LogP contribution in [0.1, 0.15) is 18.5 Å². The van der Waals surface area contributed by atoms with E-state index in [1.54, 1.807) is 5.41 Å². The number of rotatable bonds is 7. The fraction of sp³-hybridized carbons (Fsp3) is 0.158. The molecular formula is C19H19NO3S. The second-order valence-electron chi connectivity index (χ2n) is 5.04. The molecule has 0 saturated carbocycles. The van der Waals surface area contributed by atoms with Crippen LogP contribution in [0.3, 0.4) is 0 Å². The van der Waals surface area contributed by atoms with E-state index in [0.717, 1.165) is 10.5 Å². The van der Waals surface area contributed by atoms with Crippen LogP contribution in [0.25, 0.3) is 0 Å². The Morgan fingerprint density at radius 3 is 2.38 bits per heavy atom. The van der Waals surface area contributed by atoms with Gasteiger partial charge in [0.2, 0.25) is 0 Å². The average Bonchev–Trinajstić information content (AvgIpc) is 2.61. The van der Waals surface area contributed by atoms with Crippen molar-refractivity contribution in [2.75, 3.05) is 6.61 Å². The zero-order chi connectivity index (χ0) is 17.2. The van der Waals surface area contributed by atoms with Crippen molar-refractivity contribution in [1.29, 1.82) is 0 Å². The summed E-state index contributed by atoms with van der Waals surface area (Å²) in [7, 11) is 0. The summed E-state index contributed by atoms with van der Waals surface area (Å²) in [6.45, 7) is 1.59. The van der Waals surface area contributed by atoms with Crippen LogP contribution >= 0.6 is 11.8 Å². The molecule has 0 aliphatic heterocycles. The van der Waals surface area contributed by atoms with Crippen LogP contribution in [0, 0.1) is 0 Å². The summed E-state index contributed by atoms with van der Waals surface area (Å²) in [4.78, 5) is 24.4. The van der Waals surface area contributed by atoms with Gasteiger partial charge in [0.25, 0.3) is 5.91 Å². The minimum absolute atomic E-state index is 0.137. The van der Waals surface area contributed by atoms with Gasteiger partial charge in [-0.15, -0.1) is 0 Å². The molecule has 0 saturated heterocycles. The molecule has 0 heterocycles. The number of nitrogens with one attached hydrogen (secondary N) is 1. The molecule has 2 rings (SSSR count). The van der Waals surface area contributed by atoms with Gasteiger partial charge in [-0.25, -0.2) is 4.79 Å². The molecule has 0 fully saturated rings. The van der Waals surface area contributed by atoms with Crippen LogP contribution in [0.2, 0.25) is 0 Å². The SMILES string of the molecule is C[C@H](NC(=O)COC(=O)/C=C/Sc1ccccc1)c1ccccc1. The Kier molecular flexibility index (Phi) is 7.11. The topological polar surface area (TPSA) is 55.4 Å². The van der Waals surface area contributed by atoms with E-state index in [0.29, 0.717) is 0 Å². The maximum Gasteiger partial charge on any atom is 0.331 e. The lowest BCUT2D eigenvalue weighted by Gasteiger charge is -2.13. The second kappa shape index (κ2) is 9.57. The largest absolute Gasteiger partial charge is 0.452 e. The average molecular weight is 341 g/mol. The minimum atomic E-state index is -0.541. The molecule has 0 aliphatic rings. The summed E-state index contributed by atoms with van der Waals surface area (Å²) in [5, 5.41) is 4.43. The first kappa shape index (κ1) is 17.8. The van der Waals surface area contributed by atoms with Gasteiger partial charge in [0.15, 0.2) is 6.61 Å². The van der Waals surface area contributed by atoms with Crippen molar-refractivity contribution in [1.82, 2.24) is 5.32 Å². The number of hydrogen-bond donors (Lipinski definition) is 1. The van der Waals surface area contributed by atoms with E-state index < -0.39 is 5.97 Å². The Morgan fingerprint density at radius 1 is 1.08 bits per heavy atom. The number of esters is 1. The van der Waals surface area contributed by atoms with Crippen LogP contribution < -0.4 is 5.32 Å². The number of benzene rings is 2. The molecule has 0 bridgehead atoms. The van der Waals surface area contributed by atoms with Crippen LogP contribution in [0.4, 0.5) is 0 Å². The Morgan fingerprint density at radius 2 is 1.71 bits per heavy atom. The lowest BCUT2D eigenvalue weighted by atomic mass is 10.1. The van der Waals surface area contributed by atoms with Crippen molar-refractivity contribution in [3.63, 3.8) is 0 Å². The maximum atomic E-state index is 11.8. The molecule has 0 radical (unpaired) electrons. The highest BCUT2D eigenvalue weighted by Gasteiger charge is 2.10. The highest BCUT2D eigenvalue weighted by atomic mass is 32.2. The first-order valence-corrected chi connectivity index (χ1v) is 8.42. The van der Waals surface area contributed by atoms with Gasteiger partial charge in [0.05, 0.1) is 6.04 Å².